The van der Waals surface area contributed by atoms with E-state index in [2.05, 4.69) is 104 Å². The van der Waals surface area contributed by atoms with E-state index in [0.717, 1.165) is 24.0 Å². The Morgan fingerprint density at radius 2 is 1.20 bits per heavy atom. The summed E-state index contributed by atoms with van der Waals surface area (Å²) in [5, 5.41) is 0. The molecule has 6 rings (SSSR count). The van der Waals surface area contributed by atoms with Crippen molar-refractivity contribution in [3.8, 4) is 11.1 Å². The van der Waals surface area contributed by atoms with Crippen LogP contribution in [0.3, 0.4) is 0 Å². The molecule has 2 aliphatic carbocycles. The van der Waals surface area contributed by atoms with E-state index in [4.69, 9.17) is 69.6 Å². The molecule has 2 aliphatic rings. The van der Waals surface area contributed by atoms with Crippen molar-refractivity contribution in [1.29, 1.82) is 0 Å². The van der Waals surface area contributed by atoms with Gasteiger partial charge in [0.2, 0.25) is 0 Å². The number of allylic oxidation sites excluding steroid dienone is 4. The Morgan fingerprint density at radius 3 is 1.68 bits per heavy atom. The van der Waals surface area contributed by atoms with Crippen molar-refractivity contribution in [2.45, 2.75) is 86.6 Å². The topological polar surface area (TPSA) is 0 Å². The maximum absolute atomic E-state index is 6.54. The summed E-state index contributed by atoms with van der Waals surface area (Å²) in [7, 11) is 0. The van der Waals surface area contributed by atoms with Gasteiger partial charge in [-0.2, -0.15) is 0 Å². The van der Waals surface area contributed by atoms with Crippen molar-refractivity contribution in [3.63, 3.8) is 0 Å². The zero-order valence-corrected chi connectivity index (χ0v) is 36.8. The van der Waals surface area contributed by atoms with E-state index >= 15 is 0 Å². The molecule has 4 aromatic rings. The summed E-state index contributed by atoms with van der Waals surface area (Å²) in [5.74, 6) is 0. The molecule has 0 saturated heterocycles. The summed E-state index contributed by atoms with van der Waals surface area (Å²) in [6, 6.07) is 23.5. The second-order valence-electron chi connectivity index (χ2n) is 15.7. The predicted molar refractivity (Wildman–Crippen MR) is 218 cm³/mol. The fraction of sp³-hybridized carbons (Fsp3) is 0.326. The molecule has 50 heavy (non-hydrogen) atoms. The first kappa shape index (κ1) is 38.6. The van der Waals surface area contributed by atoms with Gasteiger partial charge in [-0.1, -0.05) is 0 Å². The Balaban J connectivity index is 1.81. The molecule has 4 aromatic carbocycles. The number of aryl methyl sites for hydroxylation is 1. The average Bonchev–Trinajstić information content (AvgIpc) is 3.66. The fourth-order valence-electron chi connectivity index (χ4n) is 7.78. The van der Waals surface area contributed by atoms with Crippen LogP contribution in [0.15, 0.2) is 88.2 Å². The Morgan fingerprint density at radius 1 is 0.660 bits per heavy atom. The van der Waals surface area contributed by atoms with Crippen molar-refractivity contribution < 1.29 is 21.3 Å². The molecule has 0 radical (unpaired) electrons. The SMILES string of the molecule is Cc1cc2c(cc1C(C)(C)C)-c1cc(C(C)(C)C)c(C)[c]([Zr]([C]3=CC=CC3)=[C](c3cccc(C(Cl)(Cl)Cl)c3)c3cccc(C(Cl)(Cl)Cl)c3)c1C2. The Kier molecular flexibility index (Phi) is 10.7. The minimum atomic E-state index is -3.17. The van der Waals surface area contributed by atoms with Crippen LogP contribution in [0.5, 0.6) is 0 Å². The van der Waals surface area contributed by atoms with E-state index < -0.39 is 28.9 Å². The Hall–Kier alpha value is -1.15. The standard InChI is InChI=1S/C23H29.C15H8Cl6.C5H5.Zr/c1-14-9-16-11-17-10-15(2)21(23(6,7)8)13-19(17)18(16)12-20(14)22(3,4)5;16-14(17,18)12-5-1-3-10(8-12)7-11-4-2-6-13(9-11)15(19,20)21;1-2-4-5-3-1;/h9,12-13H,11H2,1-8H3;1-6,8-9H;1-3H,4H2;. The van der Waals surface area contributed by atoms with Gasteiger partial charge in [0.25, 0.3) is 0 Å². The van der Waals surface area contributed by atoms with Gasteiger partial charge in [-0.25, -0.2) is 0 Å². The first-order chi connectivity index (χ1) is 23.2. The first-order valence-electron chi connectivity index (χ1n) is 16.9. The number of benzene rings is 4. The molecule has 260 valence electrons. The summed E-state index contributed by atoms with van der Waals surface area (Å²) in [4.78, 5) is 0. The van der Waals surface area contributed by atoms with Crippen molar-refractivity contribution in [3.05, 3.63) is 144 Å². The van der Waals surface area contributed by atoms with Crippen LogP contribution in [-0.4, -0.2) is 3.21 Å². The van der Waals surface area contributed by atoms with Gasteiger partial charge in [-0.15, -0.1) is 0 Å². The normalized spacial score (nSPS) is 14.5. The number of fused-ring (bicyclic) bond motifs is 3. The van der Waals surface area contributed by atoms with Gasteiger partial charge >= 0.3 is 339 Å². The summed E-state index contributed by atoms with van der Waals surface area (Å²) in [5.41, 5.74) is 14.4. The van der Waals surface area contributed by atoms with Gasteiger partial charge in [0.05, 0.1) is 0 Å². The number of rotatable bonds is 4. The van der Waals surface area contributed by atoms with E-state index in [1.165, 1.54) is 54.3 Å². The second-order valence-corrected chi connectivity index (χ2v) is 26.1. The second kappa shape index (κ2) is 13.9. The van der Waals surface area contributed by atoms with Crippen LogP contribution >= 0.6 is 69.6 Å². The molecule has 0 spiro atoms. The van der Waals surface area contributed by atoms with E-state index in [9.17, 15) is 0 Å². The minimum absolute atomic E-state index is 0.0332. The molecule has 0 bridgehead atoms. The molecule has 0 N–H and O–H groups in total. The monoisotopic (exact) mass is 858 g/mol. The Bertz CT molecular complexity index is 2050. The van der Waals surface area contributed by atoms with Gasteiger partial charge in [0.15, 0.2) is 0 Å². The molecule has 0 nitrogen and oxygen atoms in total. The van der Waals surface area contributed by atoms with E-state index in [0.29, 0.717) is 11.1 Å². The van der Waals surface area contributed by atoms with Gasteiger partial charge in [-0.3, -0.25) is 0 Å². The van der Waals surface area contributed by atoms with Gasteiger partial charge in [0.1, 0.15) is 0 Å². The summed E-state index contributed by atoms with van der Waals surface area (Å²) < 4.78 is 1.12. The number of halogens is 6. The molecule has 7 heteroatoms. The van der Waals surface area contributed by atoms with Crippen molar-refractivity contribution >= 4 is 76.1 Å². The predicted octanol–water partition coefficient (Wildman–Crippen LogP) is 13.5. The molecule has 0 amide bonds. The van der Waals surface area contributed by atoms with Gasteiger partial charge < -0.3 is 0 Å². The zero-order chi connectivity index (χ0) is 36.6. The van der Waals surface area contributed by atoms with E-state index in [-0.39, 0.29) is 10.8 Å². The molecule has 0 aliphatic heterocycles. The molecule has 0 unspecified atom stereocenters. The van der Waals surface area contributed by atoms with Gasteiger partial charge in [-0.05, 0) is 0 Å². The Labute approximate surface area is 335 Å². The van der Waals surface area contributed by atoms with Crippen LogP contribution in [0.25, 0.3) is 11.1 Å². The average molecular weight is 863 g/mol. The molecule has 0 fully saturated rings. The van der Waals surface area contributed by atoms with Crippen LogP contribution in [0.1, 0.15) is 104 Å². The quantitative estimate of drug-likeness (QED) is 0.158. The van der Waals surface area contributed by atoms with Crippen molar-refractivity contribution in [1.82, 2.24) is 0 Å². The molecular formula is C43H42Cl6Zr. The molecule has 0 atom stereocenters. The fourth-order valence-corrected chi connectivity index (χ4v) is 16.8. The molecule has 0 saturated carbocycles. The third-order valence-corrected chi connectivity index (χ3v) is 19.3. The van der Waals surface area contributed by atoms with Crippen LogP contribution in [0, 0.1) is 13.8 Å². The molecule has 0 heterocycles. The number of alkyl halides is 6. The van der Waals surface area contributed by atoms with Crippen LogP contribution < -0.4 is 3.27 Å². The number of hydrogen-bond acceptors (Lipinski definition) is 0. The maximum atomic E-state index is 6.54. The van der Waals surface area contributed by atoms with Crippen LogP contribution in [-0.2, 0) is 46.1 Å². The first-order valence-corrected chi connectivity index (χ1v) is 22.9. The molecular weight excluding hydrogens is 820 g/mol. The zero-order valence-electron chi connectivity index (χ0n) is 29.8. The third-order valence-electron chi connectivity index (χ3n) is 9.97. The summed E-state index contributed by atoms with van der Waals surface area (Å²) >= 11 is 36.0. The van der Waals surface area contributed by atoms with Crippen LogP contribution in [0.4, 0.5) is 0 Å². The summed E-state index contributed by atoms with van der Waals surface area (Å²) in [6.07, 6.45) is 8.64. The number of hydrogen-bond donors (Lipinski definition) is 0. The van der Waals surface area contributed by atoms with Crippen molar-refractivity contribution in [2.75, 3.05) is 0 Å². The van der Waals surface area contributed by atoms with E-state index in [1.54, 1.807) is 0 Å². The molecule has 0 aromatic heterocycles. The third kappa shape index (κ3) is 7.60. The van der Waals surface area contributed by atoms with Crippen LogP contribution in [0.2, 0.25) is 0 Å². The van der Waals surface area contributed by atoms with Crippen molar-refractivity contribution in [2.24, 2.45) is 0 Å². The summed E-state index contributed by atoms with van der Waals surface area (Å²) in [6.45, 7) is 18.5. The van der Waals surface area contributed by atoms with Gasteiger partial charge in [0, 0.05) is 0 Å². The van der Waals surface area contributed by atoms with E-state index in [1.807, 2.05) is 36.4 Å².